The first-order valence-electron chi connectivity index (χ1n) is 14.8. The first-order valence-corrected chi connectivity index (χ1v) is 14.8. The van der Waals surface area contributed by atoms with Gasteiger partial charge in [-0.25, -0.2) is 14.8 Å². The lowest BCUT2D eigenvalue weighted by molar-refractivity contribution is -0.136. The molecule has 2 saturated heterocycles. The van der Waals surface area contributed by atoms with Gasteiger partial charge in [0, 0.05) is 43.5 Å². The van der Waals surface area contributed by atoms with E-state index in [-0.39, 0.29) is 11.8 Å². The summed E-state index contributed by atoms with van der Waals surface area (Å²) < 4.78 is 17.7. The molecule has 1 saturated carbocycles. The maximum Gasteiger partial charge on any atom is 0.498 e. The molecule has 1 aromatic rings. The number of nitrogens with zero attached hydrogens (tertiary/aromatic N) is 4. The second kappa shape index (κ2) is 11.5. The van der Waals surface area contributed by atoms with Crippen molar-refractivity contribution >= 4 is 30.5 Å². The van der Waals surface area contributed by atoms with Gasteiger partial charge in [-0.05, 0) is 86.0 Å². The third-order valence-electron chi connectivity index (χ3n) is 8.41. The van der Waals surface area contributed by atoms with Crippen LogP contribution in [0, 0.1) is 11.8 Å². The number of carbonyl (C=O) groups excluding carboxylic acids is 2. The van der Waals surface area contributed by atoms with E-state index in [9.17, 15) is 9.59 Å². The summed E-state index contributed by atoms with van der Waals surface area (Å²) in [6.07, 6.45) is 7.18. The minimum absolute atomic E-state index is 0.0413. The van der Waals surface area contributed by atoms with Gasteiger partial charge in [0.05, 0.1) is 11.2 Å². The number of ether oxygens (including phenoxy) is 1. The van der Waals surface area contributed by atoms with Gasteiger partial charge in [-0.15, -0.1) is 0 Å². The molecule has 2 amide bonds. The van der Waals surface area contributed by atoms with E-state index in [0.717, 1.165) is 43.6 Å². The molecule has 2 aliphatic heterocycles. The molecule has 40 heavy (non-hydrogen) atoms. The van der Waals surface area contributed by atoms with Gasteiger partial charge >= 0.3 is 13.2 Å². The fourth-order valence-electron chi connectivity index (χ4n) is 5.12. The lowest BCUT2D eigenvalue weighted by Gasteiger charge is -2.37. The minimum Gasteiger partial charge on any atom is -0.444 e. The predicted octanol–water partition coefficient (Wildman–Crippen LogP) is 3.53. The van der Waals surface area contributed by atoms with E-state index in [1.165, 1.54) is 0 Å². The summed E-state index contributed by atoms with van der Waals surface area (Å²) in [5.41, 5.74) is -0.609. The zero-order valence-corrected chi connectivity index (χ0v) is 25.8. The highest BCUT2D eigenvalue weighted by atomic mass is 16.7. The summed E-state index contributed by atoms with van der Waals surface area (Å²) in [6.45, 7) is 19.7. The van der Waals surface area contributed by atoms with Gasteiger partial charge in [0.1, 0.15) is 11.6 Å². The van der Waals surface area contributed by atoms with Crippen molar-refractivity contribution in [2.45, 2.75) is 117 Å². The van der Waals surface area contributed by atoms with Crippen molar-refractivity contribution in [2.75, 3.05) is 24.5 Å². The fourth-order valence-corrected chi connectivity index (χ4v) is 5.12. The van der Waals surface area contributed by atoms with E-state index in [1.54, 1.807) is 0 Å². The summed E-state index contributed by atoms with van der Waals surface area (Å²) in [6, 6.07) is -0.143. The second-order valence-electron chi connectivity index (χ2n) is 13.9. The van der Waals surface area contributed by atoms with Crippen molar-refractivity contribution in [1.29, 1.82) is 0 Å². The van der Waals surface area contributed by atoms with E-state index < -0.39 is 36.1 Å². The van der Waals surface area contributed by atoms with Gasteiger partial charge in [0.15, 0.2) is 0 Å². The van der Waals surface area contributed by atoms with Crippen molar-refractivity contribution in [3.8, 4) is 0 Å². The first kappa shape index (κ1) is 30.6. The molecule has 1 aromatic heterocycles. The van der Waals surface area contributed by atoms with Gasteiger partial charge in [0.2, 0.25) is 11.9 Å². The third-order valence-corrected chi connectivity index (χ3v) is 8.41. The second-order valence-corrected chi connectivity index (χ2v) is 13.9. The number of alkyl carbamates (subject to hydrolysis) is 1. The number of hydrogen-bond donors (Lipinski definition) is 1. The molecule has 1 aliphatic carbocycles. The average molecular weight is 558 g/mol. The molecule has 0 aromatic carbocycles. The first-order chi connectivity index (χ1) is 18.6. The van der Waals surface area contributed by atoms with Crippen molar-refractivity contribution in [2.24, 2.45) is 11.8 Å². The monoisotopic (exact) mass is 557 g/mol. The van der Waals surface area contributed by atoms with E-state index in [1.807, 2.05) is 79.6 Å². The Morgan fingerprint density at radius 1 is 1.07 bits per heavy atom. The van der Waals surface area contributed by atoms with E-state index >= 15 is 0 Å². The Balaban J connectivity index is 1.33. The summed E-state index contributed by atoms with van der Waals surface area (Å²) >= 11 is 0. The van der Waals surface area contributed by atoms with Crippen LogP contribution in [0.5, 0.6) is 0 Å². The summed E-state index contributed by atoms with van der Waals surface area (Å²) in [5, 5.41) is 2.80. The Hall–Kier alpha value is -2.40. The van der Waals surface area contributed by atoms with Crippen LogP contribution >= 0.6 is 0 Å². The van der Waals surface area contributed by atoms with Gasteiger partial charge in [0.25, 0.3) is 0 Å². The van der Waals surface area contributed by atoms with Crippen LogP contribution in [-0.2, 0) is 18.8 Å². The molecule has 11 heteroatoms. The molecule has 3 aliphatic rings. The van der Waals surface area contributed by atoms with Crippen LogP contribution in [0.4, 0.5) is 10.7 Å². The Labute approximate surface area is 240 Å². The SMILES string of the molecule is CC(C)[C@@H](NC(=O)OC(C)(C)C)C(=O)N1CCC(CN(c2ncc(B3OC(C)(C)C(C)(C)O3)cn2)C2CC2)CC1. The molecule has 1 atom stereocenters. The number of carbonyl (C=O) groups is 2. The largest absolute Gasteiger partial charge is 0.498 e. The van der Waals surface area contributed by atoms with Crippen LogP contribution in [0.3, 0.4) is 0 Å². The number of likely N-dealkylation sites (tertiary alicyclic amines) is 1. The molecule has 3 fully saturated rings. The molecule has 3 heterocycles. The van der Waals surface area contributed by atoms with E-state index in [4.69, 9.17) is 24.0 Å². The van der Waals surface area contributed by atoms with Crippen molar-refractivity contribution < 1.29 is 23.6 Å². The Kier molecular flexibility index (Phi) is 8.76. The number of anilines is 1. The summed E-state index contributed by atoms with van der Waals surface area (Å²) in [5.74, 6) is 1.09. The molecule has 0 unspecified atom stereocenters. The van der Waals surface area contributed by atoms with Crippen LogP contribution in [0.1, 0.15) is 88.0 Å². The lowest BCUT2D eigenvalue weighted by Crippen LogP contribution is -2.54. The fraction of sp³-hybridized carbons (Fsp3) is 0.793. The highest BCUT2D eigenvalue weighted by Gasteiger charge is 2.52. The smallest absolute Gasteiger partial charge is 0.444 e. The zero-order valence-electron chi connectivity index (χ0n) is 25.8. The Morgan fingerprint density at radius 3 is 2.10 bits per heavy atom. The van der Waals surface area contributed by atoms with Crippen molar-refractivity contribution in [3.63, 3.8) is 0 Å². The Morgan fingerprint density at radius 2 is 1.62 bits per heavy atom. The molecular formula is C29H48BN5O5. The van der Waals surface area contributed by atoms with E-state index in [2.05, 4.69) is 10.2 Å². The normalized spacial score (nSPS) is 21.9. The maximum absolute atomic E-state index is 13.3. The van der Waals surface area contributed by atoms with Crippen molar-refractivity contribution in [1.82, 2.24) is 20.2 Å². The molecule has 0 bridgehead atoms. The molecule has 10 nitrogen and oxygen atoms in total. The van der Waals surface area contributed by atoms with Crippen LogP contribution in [-0.4, -0.2) is 82.5 Å². The number of hydrogen-bond acceptors (Lipinski definition) is 8. The van der Waals surface area contributed by atoms with Gasteiger partial charge in [-0.3, -0.25) is 4.79 Å². The Bertz CT molecular complexity index is 1030. The quantitative estimate of drug-likeness (QED) is 0.484. The molecule has 0 radical (unpaired) electrons. The summed E-state index contributed by atoms with van der Waals surface area (Å²) in [4.78, 5) is 39.4. The highest BCUT2D eigenvalue weighted by molar-refractivity contribution is 6.61. The zero-order chi connectivity index (χ0) is 29.5. The van der Waals surface area contributed by atoms with Gasteiger partial charge in [-0.2, -0.15) is 0 Å². The van der Waals surface area contributed by atoms with Gasteiger partial charge < -0.3 is 29.2 Å². The highest BCUT2D eigenvalue weighted by Crippen LogP contribution is 2.37. The number of rotatable bonds is 8. The van der Waals surface area contributed by atoms with Crippen LogP contribution in [0.2, 0.25) is 0 Å². The topological polar surface area (TPSA) is 106 Å². The molecule has 4 rings (SSSR count). The molecule has 1 N–H and O–H groups in total. The number of amides is 2. The molecule has 0 spiro atoms. The molecule has 222 valence electrons. The predicted molar refractivity (Wildman–Crippen MR) is 155 cm³/mol. The number of nitrogens with one attached hydrogen (secondary N) is 1. The van der Waals surface area contributed by atoms with Crippen LogP contribution < -0.4 is 15.7 Å². The average Bonchev–Trinajstić information content (AvgIpc) is 3.66. The summed E-state index contributed by atoms with van der Waals surface area (Å²) in [7, 11) is -0.477. The van der Waals surface area contributed by atoms with Crippen LogP contribution in [0.15, 0.2) is 12.4 Å². The van der Waals surface area contributed by atoms with E-state index in [0.29, 0.717) is 25.0 Å². The minimum atomic E-state index is -0.615. The van der Waals surface area contributed by atoms with Gasteiger partial charge in [-0.1, -0.05) is 13.8 Å². The van der Waals surface area contributed by atoms with Crippen molar-refractivity contribution in [3.05, 3.63) is 12.4 Å². The molecular weight excluding hydrogens is 509 g/mol. The van der Waals surface area contributed by atoms with Crippen LogP contribution in [0.25, 0.3) is 0 Å². The number of piperidine rings is 1. The lowest BCUT2D eigenvalue weighted by atomic mass is 9.81. The number of aromatic nitrogens is 2. The third kappa shape index (κ3) is 7.27. The standard InChI is InChI=1S/C29H48BN5O5/c1-19(2)23(33-26(37)38-27(3,4)5)24(36)34-14-12-20(13-15-34)18-35(22-10-11-22)25-31-16-21(17-32-25)30-39-28(6,7)29(8,9)40-30/h16-17,19-20,22-23H,10-15,18H2,1-9H3,(H,33,37)/t23-/m1/s1. The maximum atomic E-state index is 13.3.